The molecule has 36 heavy (non-hydrogen) atoms. The molecule has 0 fully saturated rings. The van der Waals surface area contributed by atoms with Gasteiger partial charge >= 0.3 is 6.18 Å². The summed E-state index contributed by atoms with van der Waals surface area (Å²) < 4.78 is 45.3. The summed E-state index contributed by atoms with van der Waals surface area (Å²) in [4.78, 5) is 25.6. The van der Waals surface area contributed by atoms with Gasteiger partial charge in [0.15, 0.2) is 0 Å². The standard InChI is InChI=1S/C25H19ClF3N5O2/c1-14-5-7-16(33-22(35)18-12-15(25(27,28)29)6-8-19(18)26)13-21(14)36-23-17(4-3-10-31-23)20-9-11-32-24(30-2)34-20/h3-13H,1-2H3,(H,33,35)(H,30,32,34). The molecule has 0 radical (unpaired) electrons. The molecule has 2 aromatic carbocycles. The van der Waals surface area contributed by atoms with Crippen LogP contribution in [0.2, 0.25) is 5.02 Å². The van der Waals surface area contributed by atoms with Gasteiger partial charge in [-0.15, -0.1) is 0 Å². The Morgan fingerprint density at radius 2 is 1.83 bits per heavy atom. The lowest BCUT2D eigenvalue weighted by atomic mass is 10.1. The summed E-state index contributed by atoms with van der Waals surface area (Å²) in [7, 11) is 1.70. The SMILES string of the molecule is CNc1nccc(-c2cccnc2Oc2cc(NC(=O)c3cc(C(F)(F)F)ccc3Cl)ccc2C)n1. The maximum atomic E-state index is 13.1. The van der Waals surface area contributed by atoms with Crippen LogP contribution < -0.4 is 15.4 Å². The molecule has 0 aliphatic rings. The number of rotatable bonds is 6. The Morgan fingerprint density at radius 1 is 1.03 bits per heavy atom. The lowest BCUT2D eigenvalue weighted by Crippen LogP contribution is -2.14. The van der Waals surface area contributed by atoms with Gasteiger partial charge in [0, 0.05) is 31.2 Å². The molecule has 184 valence electrons. The molecule has 0 atom stereocenters. The molecule has 0 saturated heterocycles. The number of anilines is 2. The largest absolute Gasteiger partial charge is 0.438 e. The molecule has 2 heterocycles. The predicted octanol–water partition coefficient (Wildman–Crippen LogP) is 6.61. The number of hydrogen-bond donors (Lipinski definition) is 2. The number of alkyl halides is 3. The number of hydrogen-bond acceptors (Lipinski definition) is 6. The number of aromatic nitrogens is 3. The van der Waals surface area contributed by atoms with Crippen molar-refractivity contribution in [3.05, 3.63) is 88.7 Å². The Bertz CT molecular complexity index is 1430. The summed E-state index contributed by atoms with van der Waals surface area (Å²) in [6.07, 6.45) is -1.44. The molecule has 0 aliphatic carbocycles. The van der Waals surface area contributed by atoms with Crippen LogP contribution in [0.5, 0.6) is 11.6 Å². The van der Waals surface area contributed by atoms with Crippen LogP contribution in [0.4, 0.5) is 24.8 Å². The number of carbonyl (C=O) groups is 1. The van der Waals surface area contributed by atoms with E-state index in [0.717, 1.165) is 17.7 Å². The van der Waals surface area contributed by atoms with Gasteiger partial charge in [0.1, 0.15) is 5.75 Å². The van der Waals surface area contributed by atoms with Crippen LogP contribution in [0.3, 0.4) is 0 Å². The molecule has 11 heteroatoms. The van der Waals surface area contributed by atoms with Crippen molar-refractivity contribution in [2.75, 3.05) is 17.7 Å². The van der Waals surface area contributed by atoms with E-state index in [0.29, 0.717) is 34.7 Å². The number of amides is 1. The van der Waals surface area contributed by atoms with Crippen molar-refractivity contribution >= 4 is 29.1 Å². The zero-order valence-electron chi connectivity index (χ0n) is 19.0. The minimum atomic E-state index is -4.61. The molecular weight excluding hydrogens is 495 g/mol. The predicted molar refractivity (Wildman–Crippen MR) is 130 cm³/mol. The van der Waals surface area contributed by atoms with Gasteiger partial charge in [-0.2, -0.15) is 13.2 Å². The highest BCUT2D eigenvalue weighted by Crippen LogP contribution is 2.34. The van der Waals surface area contributed by atoms with Crippen molar-refractivity contribution < 1.29 is 22.7 Å². The van der Waals surface area contributed by atoms with Crippen molar-refractivity contribution in [3.8, 4) is 22.9 Å². The first-order valence-corrected chi connectivity index (χ1v) is 11.0. The van der Waals surface area contributed by atoms with E-state index in [4.69, 9.17) is 16.3 Å². The van der Waals surface area contributed by atoms with Gasteiger partial charge in [-0.05, 0) is 55.0 Å². The highest BCUT2D eigenvalue weighted by Gasteiger charge is 2.31. The van der Waals surface area contributed by atoms with Crippen LogP contribution in [0.25, 0.3) is 11.3 Å². The van der Waals surface area contributed by atoms with Crippen molar-refractivity contribution in [2.24, 2.45) is 0 Å². The average Bonchev–Trinajstić information content (AvgIpc) is 2.86. The molecule has 0 saturated carbocycles. The van der Waals surface area contributed by atoms with E-state index in [2.05, 4.69) is 25.6 Å². The summed E-state index contributed by atoms with van der Waals surface area (Å²) in [5, 5.41) is 5.34. The Balaban J connectivity index is 1.61. The molecular formula is C25H19ClF3N5O2. The topological polar surface area (TPSA) is 89.0 Å². The molecule has 0 unspecified atom stereocenters. The van der Waals surface area contributed by atoms with Crippen LogP contribution in [-0.4, -0.2) is 27.9 Å². The number of halogens is 4. The van der Waals surface area contributed by atoms with E-state index in [1.165, 1.54) is 0 Å². The quantitative estimate of drug-likeness (QED) is 0.302. The van der Waals surface area contributed by atoms with Gasteiger partial charge in [-0.1, -0.05) is 17.7 Å². The first-order valence-electron chi connectivity index (χ1n) is 10.6. The number of nitrogens with zero attached hydrogens (tertiary/aromatic N) is 3. The monoisotopic (exact) mass is 513 g/mol. The smallest absolute Gasteiger partial charge is 0.416 e. The molecule has 2 aromatic heterocycles. The van der Waals surface area contributed by atoms with Crippen LogP contribution in [0.15, 0.2) is 67.0 Å². The Kier molecular flexibility index (Phi) is 7.07. The van der Waals surface area contributed by atoms with E-state index in [-0.39, 0.29) is 16.5 Å². The van der Waals surface area contributed by atoms with E-state index < -0.39 is 17.6 Å². The third kappa shape index (κ3) is 5.55. The van der Waals surface area contributed by atoms with E-state index in [1.807, 2.05) is 0 Å². The summed E-state index contributed by atoms with van der Waals surface area (Å²) in [5.74, 6) is 0.285. The summed E-state index contributed by atoms with van der Waals surface area (Å²) in [6.45, 7) is 1.80. The van der Waals surface area contributed by atoms with Crippen LogP contribution in [0, 0.1) is 6.92 Å². The zero-order valence-corrected chi connectivity index (χ0v) is 19.8. The zero-order chi connectivity index (χ0) is 25.9. The van der Waals surface area contributed by atoms with Crippen molar-refractivity contribution in [2.45, 2.75) is 13.1 Å². The second-order valence-corrected chi connectivity index (χ2v) is 8.01. The minimum Gasteiger partial charge on any atom is -0.438 e. The number of pyridine rings is 1. The summed E-state index contributed by atoms with van der Waals surface area (Å²) in [5.41, 5.74) is 0.954. The van der Waals surface area contributed by atoms with Gasteiger partial charge in [-0.3, -0.25) is 4.79 Å². The number of aryl methyl sites for hydroxylation is 1. The third-order valence-electron chi connectivity index (χ3n) is 5.12. The third-order valence-corrected chi connectivity index (χ3v) is 5.45. The Labute approximate surface area is 209 Å². The fourth-order valence-corrected chi connectivity index (χ4v) is 3.47. The number of benzene rings is 2. The second-order valence-electron chi connectivity index (χ2n) is 7.60. The average molecular weight is 514 g/mol. The van der Waals surface area contributed by atoms with Crippen LogP contribution in [-0.2, 0) is 6.18 Å². The normalized spacial score (nSPS) is 11.2. The summed E-state index contributed by atoms with van der Waals surface area (Å²) >= 11 is 5.99. The molecule has 4 rings (SSSR count). The fraction of sp³-hybridized carbons (Fsp3) is 0.120. The minimum absolute atomic E-state index is 0.104. The number of ether oxygens (including phenoxy) is 1. The van der Waals surface area contributed by atoms with Crippen molar-refractivity contribution in [1.82, 2.24) is 15.0 Å². The maximum Gasteiger partial charge on any atom is 0.416 e. The molecule has 0 bridgehead atoms. The molecule has 2 N–H and O–H groups in total. The highest BCUT2D eigenvalue weighted by molar-refractivity contribution is 6.34. The van der Waals surface area contributed by atoms with E-state index in [1.54, 1.807) is 62.8 Å². The lowest BCUT2D eigenvalue weighted by Gasteiger charge is -2.14. The number of nitrogens with one attached hydrogen (secondary N) is 2. The second kappa shape index (κ2) is 10.2. The van der Waals surface area contributed by atoms with Gasteiger partial charge in [0.05, 0.1) is 27.4 Å². The first-order chi connectivity index (χ1) is 17.2. The molecule has 0 aliphatic heterocycles. The van der Waals surface area contributed by atoms with Crippen molar-refractivity contribution in [3.63, 3.8) is 0 Å². The number of carbonyl (C=O) groups excluding carboxylic acids is 1. The van der Waals surface area contributed by atoms with Gasteiger partial charge in [0.2, 0.25) is 11.8 Å². The maximum absolute atomic E-state index is 13.1. The lowest BCUT2D eigenvalue weighted by molar-refractivity contribution is -0.137. The highest BCUT2D eigenvalue weighted by atomic mass is 35.5. The van der Waals surface area contributed by atoms with Crippen LogP contribution >= 0.6 is 11.6 Å². The van der Waals surface area contributed by atoms with E-state index in [9.17, 15) is 18.0 Å². The van der Waals surface area contributed by atoms with Gasteiger partial charge in [-0.25, -0.2) is 15.0 Å². The molecule has 0 spiro atoms. The van der Waals surface area contributed by atoms with Crippen LogP contribution in [0.1, 0.15) is 21.5 Å². The van der Waals surface area contributed by atoms with Gasteiger partial charge in [0.25, 0.3) is 5.91 Å². The van der Waals surface area contributed by atoms with E-state index >= 15 is 0 Å². The van der Waals surface area contributed by atoms with Gasteiger partial charge < -0.3 is 15.4 Å². The molecule has 1 amide bonds. The molecule has 7 nitrogen and oxygen atoms in total. The first kappa shape index (κ1) is 24.9. The molecule has 4 aromatic rings. The van der Waals surface area contributed by atoms with Crippen molar-refractivity contribution in [1.29, 1.82) is 0 Å². The summed E-state index contributed by atoms with van der Waals surface area (Å²) in [6, 6.07) is 12.7. The fourth-order valence-electron chi connectivity index (χ4n) is 3.26. The Morgan fingerprint density at radius 3 is 2.58 bits per heavy atom. The Hall–Kier alpha value is -4.18.